The number of hydrogen-bond donors (Lipinski definition) is 1. The maximum atomic E-state index is 6.72. The lowest BCUT2D eigenvalue weighted by atomic mass is 9.37. The minimum absolute atomic E-state index is 0.0953. The average Bonchev–Trinajstić information content (AvgIpc) is 2.98. The van der Waals surface area contributed by atoms with Crippen LogP contribution in [0.25, 0.3) is 0 Å². The zero-order valence-corrected chi connectivity index (χ0v) is 15.9. The molecule has 24 heavy (non-hydrogen) atoms. The Morgan fingerprint density at radius 3 is 2.71 bits per heavy atom. The summed E-state index contributed by atoms with van der Waals surface area (Å²) in [6.07, 6.45) is 7.05. The van der Waals surface area contributed by atoms with Crippen molar-refractivity contribution in [2.24, 2.45) is 5.41 Å². The molecule has 5 atom stereocenters. The molecule has 4 bridgehead atoms. The lowest BCUT2D eigenvalue weighted by Crippen LogP contribution is -2.78. The van der Waals surface area contributed by atoms with E-state index < -0.39 is 0 Å². The Kier molecular flexibility index (Phi) is 2.74. The second-order valence-corrected chi connectivity index (χ2v) is 8.79. The van der Waals surface area contributed by atoms with Crippen LogP contribution in [-0.4, -0.2) is 24.3 Å². The Balaban J connectivity index is 1.70. The summed E-state index contributed by atoms with van der Waals surface area (Å²) < 4.78 is 18.4. The van der Waals surface area contributed by atoms with E-state index in [2.05, 4.69) is 36.4 Å². The Bertz CT molecular complexity index is 746. The summed E-state index contributed by atoms with van der Waals surface area (Å²) in [6.45, 7) is 1.07. The van der Waals surface area contributed by atoms with Crippen molar-refractivity contribution in [3.05, 3.63) is 23.3 Å². The minimum Gasteiger partial charge on any atom is -0.482 e. The third-order valence-electron chi connectivity index (χ3n) is 8.05. The van der Waals surface area contributed by atoms with Crippen LogP contribution in [0.5, 0.6) is 11.5 Å². The quantitative estimate of drug-likeness (QED) is 0.821. The molecule has 3 saturated carbocycles. The van der Waals surface area contributed by atoms with Crippen molar-refractivity contribution in [1.82, 2.24) is 5.32 Å². The number of rotatable bonds is 2. The molecule has 2 heterocycles. The van der Waals surface area contributed by atoms with Gasteiger partial charge in [0.15, 0.2) is 11.5 Å². The topological polar surface area (TPSA) is 39.7 Å². The van der Waals surface area contributed by atoms with Gasteiger partial charge in [0.05, 0.1) is 9.47 Å². The van der Waals surface area contributed by atoms with Crippen LogP contribution in [0, 0.1) is 5.41 Å². The molecule has 2 spiro atoms. The molecule has 128 valence electrons. The predicted octanol–water partition coefficient (Wildman–Crippen LogP) is 2.89. The summed E-state index contributed by atoms with van der Waals surface area (Å²) >= 11 is 0. The summed E-state index contributed by atoms with van der Waals surface area (Å²) in [7, 11) is 4.94. The molecule has 2 aliphatic heterocycles. The van der Waals surface area contributed by atoms with E-state index in [1.807, 2.05) is 0 Å². The van der Waals surface area contributed by atoms with Gasteiger partial charge in [-0.3, -0.25) is 0 Å². The van der Waals surface area contributed by atoms with E-state index >= 15 is 0 Å². The molecule has 2 unspecified atom stereocenters. The van der Waals surface area contributed by atoms with Crippen LogP contribution in [-0.2, 0) is 16.4 Å². The van der Waals surface area contributed by atoms with Crippen LogP contribution >= 0.6 is 18.9 Å². The molecule has 1 aromatic rings. The first kappa shape index (κ1) is 14.7. The van der Waals surface area contributed by atoms with Gasteiger partial charge in [-0.2, -0.15) is 0 Å². The SMILES string of the molecule is POc1ccc2c3c1O[C@H]1C4(OP)CCC5(CC4)[C@@H](C2)NCC[C@]315. The standard InChI is InChI=1S/C18H23NO3P2/c23-21-11-2-1-10-9-12-16-3-5-17(22-24,6-4-16)15-18(16,7-8-19-12)13(10)14(11)20-15/h1-2,12,15,19H,3-9,23-24H2/t12-,15+,16?,17?,18+/m1/s1. The van der Waals surface area contributed by atoms with Crippen LogP contribution in [0.4, 0.5) is 0 Å². The molecule has 4 fully saturated rings. The van der Waals surface area contributed by atoms with Crippen molar-refractivity contribution in [1.29, 1.82) is 0 Å². The van der Waals surface area contributed by atoms with Gasteiger partial charge in [0.2, 0.25) is 0 Å². The number of hydrogen-bond acceptors (Lipinski definition) is 4. The Morgan fingerprint density at radius 1 is 1.12 bits per heavy atom. The largest absolute Gasteiger partial charge is 0.482 e. The fraction of sp³-hybridized carbons (Fsp3) is 0.667. The molecule has 0 amide bonds. The summed E-state index contributed by atoms with van der Waals surface area (Å²) in [4.78, 5) is 0. The Hall–Kier alpha value is -0.400. The fourth-order valence-electron chi connectivity index (χ4n) is 7.19. The molecule has 6 aliphatic rings. The number of fused-ring (bicyclic) bond motifs is 2. The molecular formula is C18H23NO3P2. The van der Waals surface area contributed by atoms with Gasteiger partial charge in [-0.15, -0.1) is 0 Å². The number of ether oxygens (including phenoxy) is 1. The van der Waals surface area contributed by atoms with E-state index in [-0.39, 0.29) is 17.1 Å². The summed E-state index contributed by atoms with van der Waals surface area (Å²) in [5, 5.41) is 3.87. The Labute approximate surface area is 147 Å². The Morgan fingerprint density at radius 2 is 1.96 bits per heavy atom. The first-order valence-electron chi connectivity index (χ1n) is 9.02. The van der Waals surface area contributed by atoms with Gasteiger partial charge in [0.1, 0.15) is 11.7 Å². The van der Waals surface area contributed by atoms with E-state index in [0.29, 0.717) is 11.5 Å². The first-order valence-corrected chi connectivity index (χ1v) is 9.96. The van der Waals surface area contributed by atoms with Crippen LogP contribution in [0.1, 0.15) is 43.2 Å². The zero-order valence-electron chi connectivity index (χ0n) is 13.6. The number of benzene rings is 1. The van der Waals surface area contributed by atoms with E-state index in [1.165, 1.54) is 24.0 Å². The normalized spacial score (nSPS) is 46.4. The van der Waals surface area contributed by atoms with Gasteiger partial charge < -0.3 is 19.1 Å². The molecule has 0 aromatic heterocycles. The van der Waals surface area contributed by atoms with Crippen molar-refractivity contribution < 1.29 is 13.8 Å². The highest BCUT2D eigenvalue weighted by Gasteiger charge is 2.77. The van der Waals surface area contributed by atoms with Crippen LogP contribution < -0.4 is 14.6 Å². The van der Waals surface area contributed by atoms with Crippen molar-refractivity contribution in [3.63, 3.8) is 0 Å². The molecular weight excluding hydrogens is 340 g/mol. The summed E-state index contributed by atoms with van der Waals surface area (Å²) in [6, 6.07) is 4.90. The third-order valence-corrected chi connectivity index (χ3v) is 8.78. The van der Waals surface area contributed by atoms with Crippen LogP contribution in [0.2, 0.25) is 0 Å². The molecule has 1 aromatic carbocycles. The van der Waals surface area contributed by atoms with Crippen molar-refractivity contribution in [2.45, 2.75) is 61.7 Å². The molecule has 1 N–H and O–H groups in total. The highest BCUT2D eigenvalue weighted by Crippen LogP contribution is 2.74. The van der Waals surface area contributed by atoms with Gasteiger partial charge in [-0.05, 0) is 62.1 Å². The molecule has 7 rings (SSSR count). The van der Waals surface area contributed by atoms with Crippen molar-refractivity contribution in [2.75, 3.05) is 6.54 Å². The summed E-state index contributed by atoms with van der Waals surface area (Å²) in [5.41, 5.74) is 3.15. The van der Waals surface area contributed by atoms with Crippen molar-refractivity contribution >= 4 is 18.9 Å². The molecule has 4 nitrogen and oxygen atoms in total. The zero-order chi connectivity index (χ0) is 16.2. The molecule has 0 radical (unpaired) electrons. The first-order chi connectivity index (χ1) is 11.7. The van der Waals surface area contributed by atoms with Crippen LogP contribution in [0.15, 0.2) is 12.1 Å². The van der Waals surface area contributed by atoms with E-state index in [9.17, 15) is 0 Å². The highest BCUT2D eigenvalue weighted by atomic mass is 31.0. The monoisotopic (exact) mass is 363 g/mol. The van der Waals surface area contributed by atoms with E-state index in [1.54, 1.807) is 0 Å². The third kappa shape index (κ3) is 1.31. The summed E-state index contributed by atoms with van der Waals surface area (Å²) in [5.74, 6) is 1.85. The smallest absolute Gasteiger partial charge is 0.166 e. The highest BCUT2D eigenvalue weighted by molar-refractivity contribution is 7.10. The van der Waals surface area contributed by atoms with E-state index in [0.717, 1.165) is 43.7 Å². The second kappa shape index (κ2) is 4.46. The molecule has 4 aliphatic carbocycles. The minimum atomic E-state index is -0.167. The lowest BCUT2D eigenvalue weighted by molar-refractivity contribution is -0.210. The lowest BCUT2D eigenvalue weighted by Gasteiger charge is -2.70. The predicted molar refractivity (Wildman–Crippen MR) is 97.4 cm³/mol. The second-order valence-electron chi connectivity index (χ2n) is 8.31. The van der Waals surface area contributed by atoms with Gasteiger partial charge in [0.25, 0.3) is 0 Å². The van der Waals surface area contributed by atoms with Crippen LogP contribution in [0.3, 0.4) is 0 Å². The fourth-order valence-corrected chi connectivity index (χ4v) is 7.73. The van der Waals surface area contributed by atoms with Gasteiger partial charge in [0, 0.05) is 26.5 Å². The van der Waals surface area contributed by atoms with Gasteiger partial charge >= 0.3 is 0 Å². The maximum absolute atomic E-state index is 6.72. The molecule has 1 saturated heterocycles. The number of nitrogens with one attached hydrogen (secondary N) is 1. The molecule has 6 heteroatoms. The van der Waals surface area contributed by atoms with Gasteiger partial charge in [-0.1, -0.05) is 6.07 Å². The number of piperidine rings is 1. The average molecular weight is 363 g/mol. The maximum Gasteiger partial charge on any atom is 0.166 e. The van der Waals surface area contributed by atoms with Gasteiger partial charge in [-0.25, -0.2) is 0 Å². The van der Waals surface area contributed by atoms with E-state index in [4.69, 9.17) is 13.8 Å². The van der Waals surface area contributed by atoms with Crippen molar-refractivity contribution in [3.8, 4) is 11.5 Å².